The predicted octanol–water partition coefficient (Wildman–Crippen LogP) is 2.94. The molecule has 2 aromatic carbocycles. The predicted molar refractivity (Wildman–Crippen MR) is 110 cm³/mol. The molecule has 1 fully saturated rings. The van der Waals surface area contributed by atoms with Gasteiger partial charge in [-0.1, -0.05) is 24.3 Å². The summed E-state index contributed by atoms with van der Waals surface area (Å²) >= 11 is 0. The van der Waals surface area contributed by atoms with Crippen LogP contribution in [0.5, 0.6) is 0 Å². The molecule has 2 aliphatic heterocycles. The second-order valence-electron chi connectivity index (χ2n) is 7.74. The van der Waals surface area contributed by atoms with Gasteiger partial charge in [0.15, 0.2) is 0 Å². The molecular formula is C23H27N3O2. The second-order valence-corrected chi connectivity index (χ2v) is 7.74. The van der Waals surface area contributed by atoms with Crippen molar-refractivity contribution in [2.45, 2.75) is 25.8 Å². The Morgan fingerprint density at radius 3 is 2.32 bits per heavy atom. The van der Waals surface area contributed by atoms with Crippen LogP contribution < -0.4 is 4.90 Å². The zero-order valence-corrected chi connectivity index (χ0v) is 16.4. The van der Waals surface area contributed by atoms with Crippen LogP contribution in [-0.2, 0) is 17.8 Å². The lowest BCUT2D eigenvalue weighted by Gasteiger charge is -2.31. The van der Waals surface area contributed by atoms with E-state index in [9.17, 15) is 9.59 Å². The van der Waals surface area contributed by atoms with Crippen molar-refractivity contribution in [1.82, 2.24) is 9.80 Å². The van der Waals surface area contributed by atoms with Gasteiger partial charge in [0.05, 0.1) is 6.54 Å². The Hall–Kier alpha value is -2.82. The molecule has 5 heteroatoms. The number of hydrogen-bond donors (Lipinski definition) is 0. The molecule has 1 saturated heterocycles. The van der Waals surface area contributed by atoms with E-state index in [4.69, 9.17) is 0 Å². The van der Waals surface area contributed by atoms with E-state index in [0.29, 0.717) is 5.56 Å². The maximum absolute atomic E-state index is 12.7. The Labute approximate surface area is 166 Å². The summed E-state index contributed by atoms with van der Waals surface area (Å²) in [5, 5.41) is 0. The summed E-state index contributed by atoms with van der Waals surface area (Å²) in [6.07, 6.45) is 3.16. The number of hydrogen-bond acceptors (Lipinski definition) is 3. The third kappa shape index (κ3) is 3.88. The fourth-order valence-electron chi connectivity index (χ4n) is 4.09. The van der Waals surface area contributed by atoms with E-state index in [1.54, 1.807) is 7.05 Å². The number of anilines is 1. The number of rotatable bonds is 4. The maximum atomic E-state index is 12.7. The highest BCUT2D eigenvalue weighted by Crippen LogP contribution is 2.24. The van der Waals surface area contributed by atoms with Gasteiger partial charge in [0.25, 0.3) is 5.91 Å². The number of likely N-dealkylation sites (N-methyl/N-ethyl adjacent to an activating group) is 1. The first kappa shape index (κ1) is 18.5. The van der Waals surface area contributed by atoms with Crippen LogP contribution in [0.4, 0.5) is 5.69 Å². The molecule has 5 nitrogen and oxygen atoms in total. The molecule has 0 aliphatic carbocycles. The van der Waals surface area contributed by atoms with Gasteiger partial charge in [-0.05, 0) is 54.7 Å². The Morgan fingerprint density at radius 2 is 1.61 bits per heavy atom. The lowest BCUT2D eigenvalue weighted by Crippen LogP contribution is -2.39. The van der Waals surface area contributed by atoms with Crippen LogP contribution in [0.15, 0.2) is 48.5 Å². The molecule has 0 unspecified atom stereocenters. The van der Waals surface area contributed by atoms with Crippen LogP contribution in [0.25, 0.3) is 0 Å². The van der Waals surface area contributed by atoms with Crippen molar-refractivity contribution in [3.05, 3.63) is 65.2 Å². The molecule has 0 spiro atoms. The Bertz CT molecular complexity index is 856. The van der Waals surface area contributed by atoms with E-state index in [1.165, 1.54) is 16.0 Å². The topological polar surface area (TPSA) is 43.9 Å². The highest BCUT2D eigenvalue weighted by atomic mass is 16.2. The summed E-state index contributed by atoms with van der Waals surface area (Å²) in [7, 11) is 1.70. The molecule has 2 amide bonds. The standard InChI is InChI=1S/C23H27N3O2/c1-24(17-22(27)25-13-4-5-14-25)23(28)19-8-10-21(11-9-19)26-15-12-18-6-2-3-7-20(18)16-26/h2-3,6-11H,4-5,12-17H2,1H3. The number of carbonyl (C=O) groups excluding carboxylic acids is 2. The molecule has 2 aliphatic rings. The zero-order valence-electron chi connectivity index (χ0n) is 16.4. The van der Waals surface area contributed by atoms with Crippen molar-refractivity contribution in [3.63, 3.8) is 0 Å². The van der Waals surface area contributed by atoms with E-state index in [-0.39, 0.29) is 18.4 Å². The number of benzene rings is 2. The van der Waals surface area contributed by atoms with Gasteiger partial charge < -0.3 is 14.7 Å². The van der Waals surface area contributed by atoms with Crippen molar-refractivity contribution >= 4 is 17.5 Å². The van der Waals surface area contributed by atoms with Crippen molar-refractivity contribution < 1.29 is 9.59 Å². The average molecular weight is 377 g/mol. The fourth-order valence-corrected chi connectivity index (χ4v) is 4.09. The number of amides is 2. The van der Waals surface area contributed by atoms with Gasteiger partial charge in [0.1, 0.15) is 0 Å². The third-order valence-corrected chi connectivity index (χ3v) is 5.79. The Balaban J connectivity index is 1.39. The molecule has 0 saturated carbocycles. The lowest BCUT2D eigenvalue weighted by atomic mass is 9.99. The first-order valence-corrected chi connectivity index (χ1v) is 10.1. The lowest BCUT2D eigenvalue weighted by molar-refractivity contribution is -0.130. The van der Waals surface area contributed by atoms with Gasteiger partial charge in [-0.25, -0.2) is 0 Å². The molecule has 0 aromatic heterocycles. The molecule has 0 bridgehead atoms. The average Bonchev–Trinajstić information content (AvgIpc) is 3.28. The van der Waals surface area contributed by atoms with Gasteiger partial charge in [-0.3, -0.25) is 9.59 Å². The smallest absolute Gasteiger partial charge is 0.254 e. The van der Waals surface area contributed by atoms with Crippen LogP contribution in [-0.4, -0.2) is 54.8 Å². The van der Waals surface area contributed by atoms with E-state index >= 15 is 0 Å². The molecule has 4 rings (SSSR count). The maximum Gasteiger partial charge on any atom is 0.254 e. The van der Waals surface area contributed by atoms with Crippen LogP contribution in [0.2, 0.25) is 0 Å². The van der Waals surface area contributed by atoms with Crippen molar-refractivity contribution in [2.24, 2.45) is 0 Å². The summed E-state index contributed by atoms with van der Waals surface area (Å²) in [4.78, 5) is 30.7. The number of fused-ring (bicyclic) bond motifs is 1. The van der Waals surface area contributed by atoms with Crippen LogP contribution in [0.1, 0.15) is 34.3 Å². The number of likely N-dealkylation sites (tertiary alicyclic amines) is 1. The van der Waals surface area contributed by atoms with E-state index in [1.807, 2.05) is 29.2 Å². The minimum Gasteiger partial charge on any atom is -0.367 e. The molecule has 2 heterocycles. The van der Waals surface area contributed by atoms with Crippen molar-refractivity contribution in [3.8, 4) is 0 Å². The van der Waals surface area contributed by atoms with Gasteiger partial charge >= 0.3 is 0 Å². The molecule has 0 radical (unpaired) electrons. The monoisotopic (exact) mass is 377 g/mol. The van der Waals surface area contributed by atoms with Crippen LogP contribution in [0.3, 0.4) is 0 Å². The minimum atomic E-state index is -0.108. The number of carbonyl (C=O) groups is 2. The first-order valence-electron chi connectivity index (χ1n) is 10.1. The summed E-state index contributed by atoms with van der Waals surface area (Å²) in [5.74, 6) is -0.0694. The SMILES string of the molecule is CN(CC(=O)N1CCCC1)C(=O)c1ccc(N2CCc3ccccc3C2)cc1. The second kappa shape index (κ2) is 8.05. The zero-order chi connectivity index (χ0) is 19.5. The molecule has 28 heavy (non-hydrogen) atoms. The molecule has 146 valence electrons. The number of nitrogens with zero attached hydrogens (tertiary/aromatic N) is 3. The van der Waals surface area contributed by atoms with Crippen molar-refractivity contribution in [2.75, 3.05) is 38.1 Å². The molecule has 2 aromatic rings. The van der Waals surface area contributed by atoms with Gasteiger partial charge in [0.2, 0.25) is 5.91 Å². The largest absolute Gasteiger partial charge is 0.367 e. The Kier molecular flexibility index (Phi) is 5.33. The van der Waals surface area contributed by atoms with Crippen LogP contribution >= 0.6 is 0 Å². The summed E-state index contributed by atoms with van der Waals surface area (Å²) in [6.45, 7) is 3.65. The quantitative estimate of drug-likeness (QED) is 0.823. The normalized spacial score (nSPS) is 16.0. The van der Waals surface area contributed by atoms with Gasteiger partial charge in [-0.15, -0.1) is 0 Å². The van der Waals surface area contributed by atoms with E-state index in [0.717, 1.165) is 51.1 Å². The minimum absolute atomic E-state index is 0.0388. The fraction of sp³-hybridized carbons (Fsp3) is 0.391. The van der Waals surface area contributed by atoms with Crippen LogP contribution in [0, 0.1) is 0 Å². The molecule has 0 atom stereocenters. The van der Waals surface area contributed by atoms with E-state index in [2.05, 4.69) is 29.2 Å². The first-order chi connectivity index (χ1) is 13.6. The Morgan fingerprint density at radius 1 is 0.929 bits per heavy atom. The van der Waals surface area contributed by atoms with Gasteiger partial charge in [-0.2, -0.15) is 0 Å². The molecular weight excluding hydrogens is 350 g/mol. The highest BCUT2D eigenvalue weighted by Gasteiger charge is 2.22. The van der Waals surface area contributed by atoms with E-state index < -0.39 is 0 Å². The third-order valence-electron chi connectivity index (χ3n) is 5.79. The molecule has 0 N–H and O–H groups in total. The summed E-state index contributed by atoms with van der Waals surface area (Å²) in [6, 6.07) is 16.3. The summed E-state index contributed by atoms with van der Waals surface area (Å²) < 4.78 is 0. The van der Waals surface area contributed by atoms with Crippen molar-refractivity contribution in [1.29, 1.82) is 0 Å². The summed E-state index contributed by atoms with van der Waals surface area (Å²) in [5.41, 5.74) is 4.55. The van der Waals surface area contributed by atoms with Gasteiger partial charge in [0, 0.05) is 44.5 Å². The highest BCUT2D eigenvalue weighted by molar-refractivity contribution is 5.96.